The number of aromatic nitrogens is 2. The quantitative estimate of drug-likeness (QED) is 0.642. The Morgan fingerprint density at radius 3 is 2.62 bits per heavy atom. The maximum absolute atomic E-state index is 13.5. The molecule has 0 spiro atoms. The van der Waals surface area contributed by atoms with Gasteiger partial charge in [0.1, 0.15) is 17.7 Å². The smallest absolute Gasteiger partial charge is 0.318 e. The highest BCUT2D eigenvalue weighted by Crippen LogP contribution is 2.35. The van der Waals surface area contributed by atoms with Crippen LogP contribution in [0.25, 0.3) is 0 Å². The van der Waals surface area contributed by atoms with Gasteiger partial charge in [0, 0.05) is 38.3 Å². The van der Waals surface area contributed by atoms with Crippen molar-refractivity contribution in [3.63, 3.8) is 0 Å². The van der Waals surface area contributed by atoms with E-state index in [1.807, 2.05) is 0 Å². The van der Waals surface area contributed by atoms with Crippen LogP contribution in [0, 0.1) is 5.82 Å². The Balaban J connectivity index is 1.43. The third kappa shape index (κ3) is 4.24. The first-order chi connectivity index (χ1) is 15.5. The zero-order chi connectivity index (χ0) is 22.2. The van der Waals surface area contributed by atoms with Crippen LogP contribution in [0.2, 0.25) is 5.02 Å². The van der Waals surface area contributed by atoms with Crippen LogP contribution in [0.4, 0.5) is 15.9 Å². The number of piperazine rings is 1. The van der Waals surface area contributed by atoms with Gasteiger partial charge in [0.05, 0.1) is 22.9 Å². The highest BCUT2D eigenvalue weighted by molar-refractivity contribution is 6.33. The molecule has 1 aliphatic carbocycles. The molecule has 1 saturated carbocycles. The van der Waals surface area contributed by atoms with Crippen LogP contribution in [0.1, 0.15) is 24.1 Å². The summed E-state index contributed by atoms with van der Waals surface area (Å²) < 4.78 is 19.5. The summed E-state index contributed by atoms with van der Waals surface area (Å²) >= 11 is 6.32. The molecular formula is C23H25ClFN5O2. The first kappa shape index (κ1) is 21.0. The lowest BCUT2D eigenvalue weighted by Crippen LogP contribution is -2.49. The Morgan fingerprint density at radius 2 is 1.94 bits per heavy atom. The molecule has 0 radical (unpaired) electrons. The van der Waals surface area contributed by atoms with E-state index in [1.165, 1.54) is 18.2 Å². The Labute approximate surface area is 191 Å². The van der Waals surface area contributed by atoms with Gasteiger partial charge in [-0.3, -0.25) is 4.79 Å². The summed E-state index contributed by atoms with van der Waals surface area (Å²) in [6.07, 6.45) is 4.34. The Morgan fingerprint density at radius 1 is 1.16 bits per heavy atom. The maximum atomic E-state index is 13.5. The lowest BCUT2D eigenvalue weighted by atomic mass is 10.0. The van der Waals surface area contributed by atoms with Crippen LogP contribution in [0.15, 0.2) is 30.9 Å². The fraction of sp³-hybridized carbons (Fsp3) is 0.435. The second-order valence-electron chi connectivity index (χ2n) is 8.36. The molecule has 1 saturated heterocycles. The number of anilines is 2. The van der Waals surface area contributed by atoms with Crippen LogP contribution in [0.5, 0.6) is 6.01 Å². The molecular weight excluding hydrogens is 433 g/mol. The number of halogens is 2. The van der Waals surface area contributed by atoms with Crippen LogP contribution in [-0.4, -0.2) is 59.6 Å². The minimum Gasteiger partial charge on any atom is -0.460 e. The van der Waals surface area contributed by atoms with E-state index in [9.17, 15) is 9.18 Å². The molecule has 32 heavy (non-hydrogen) atoms. The molecule has 1 aromatic heterocycles. The number of carbonyl (C=O) groups excluding carboxylic acids is 1. The number of rotatable bonds is 5. The fourth-order valence-corrected chi connectivity index (χ4v) is 4.54. The third-order valence-corrected chi connectivity index (χ3v) is 6.44. The minimum absolute atomic E-state index is 0.0426. The van der Waals surface area contributed by atoms with Gasteiger partial charge in [-0.15, -0.1) is 0 Å². The van der Waals surface area contributed by atoms with Crippen molar-refractivity contribution in [2.45, 2.75) is 31.9 Å². The number of benzene rings is 1. The summed E-state index contributed by atoms with van der Waals surface area (Å²) in [7, 11) is 0. The molecule has 0 atom stereocenters. The van der Waals surface area contributed by atoms with E-state index in [4.69, 9.17) is 26.3 Å². The molecule has 168 valence electrons. The second-order valence-corrected chi connectivity index (χ2v) is 8.76. The van der Waals surface area contributed by atoms with E-state index in [1.54, 1.807) is 11.0 Å². The van der Waals surface area contributed by atoms with Gasteiger partial charge in [-0.05, 0) is 43.5 Å². The third-order valence-electron chi connectivity index (χ3n) is 6.14. The summed E-state index contributed by atoms with van der Waals surface area (Å²) in [6, 6.07) is 4.87. The Bertz CT molecular complexity index is 1050. The predicted molar refractivity (Wildman–Crippen MR) is 121 cm³/mol. The van der Waals surface area contributed by atoms with E-state index in [-0.39, 0.29) is 17.8 Å². The van der Waals surface area contributed by atoms with Gasteiger partial charge in [0.25, 0.3) is 0 Å². The number of nitrogens with zero attached hydrogens (tertiary/aromatic N) is 5. The second kappa shape index (κ2) is 8.58. The van der Waals surface area contributed by atoms with E-state index in [0.717, 1.165) is 48.6 Å². The average molecular weight is 458 g/mol. The van der Waals surface area contributed by atoms with Crippen molar-refractivity contribution in [1.29, 1.82) is 0 Å². The molecule has 2 aliphatic heterocycles. The normalized spacial score (nSPS) is 18.4. The topological polar surface area (TPSA) is 61.8 Å². The lowest BCUT2D eigenvalue weighted by Gasteiger charge is -2.38. The van der Waals surface area contributed by atoms with Crippen molar-refractivity contribution in [3.8, 4) is 6.01 Å². The molecule has 3 aliphatic rings. The van der Waals surface area contributed by atoms with Crippen LogP contribution in [-0.2, 0) is 17.8 Å². The van der Waals surface area contributed by atoms with Crippen LogP contribution in [0.3, 0.4) is 0 Å². The van der Waals surface area contributed by atoms with Crippen LogP contribution < -0.4 is 14.5 Å². The highest BCUT2D eigenvalue weighted by Gasteiger charge is 2.31. The van der Waals surface area contributed by atoms with Crippen LogP contribution >= 0.6 is 11.6 Å². The zero-order valence-electron chi connectivity index (χ0n) is 17.8. The van der Waals surface area contributed by atoms with Crippen molar-refractivity contribution in [1.82, 2.24) is 14.9 Å². The molecule has 1 aromatic carbocycles. The van der Waals surface area contributed by atoms with Crippen molar-refractivity contribution in [2.75, 3.05) is 42.5 Å². The first-order valence-electron chi connectivity index (χ1n) is 10.9. The van der Waals surface area contributed by atoms with Gasteiger partial charge in [0.15, 0.2) is 0 Å². The molecule has 0 unspecified atom stereocenters. The molecule has 0 bridgehead atoms. The summed E-state index contributed by atoms with van der Waals surface area (Å²) in [5.74, 6) is 0.495. The zero-order valence-corrected chi connectivity index (χ0v) is 18.5. The molecule has 0 N–H and O–H groups in total. The van der Waals surface area contributed by atoms with E-state index in [0.29, 0.717) is 43.8 Å². The van der Waals surface area contributed by atoms with Crippen molar-refractivity contribution in [2.24, 2.45) is 0 Å². The number of amides is 1. The summed E-state index contributed by atoms with van der Waals surface area (Å²) in [6.45, 7) is 7.50. The summed E-state index contributed by atoms with van der Waals surface area (Å²) in [5.41, 5.74) is 2.80. The van der Waals surface area contributed by atoms with Gasteiger partial charge in [-0.1, -0.05) is 18.2 Å². The van der Waals surface area contributed by atoms with Gasteiger partial charge in [-0.25, -0.2) is 4.39 Å². The molecule has 5 rings (SSSR count). The molecule has 2 fully saturated rings. The lowest BCUT2D eigenvalue weighted by molar-refractivity contribution is -0.126. The highest BCUT2D eigenvalue weighted by atomic mass is 35.5. The first-order valence-corrected chi connectivity index (χ1v) is 11.3. The molecule has 1 amide bonds. The standard InChI is InChI=1S/C23H25ClFN5O2/c1-2-21(31)28-9-11-29(12-10-28)22-17-7-8-30(20-6-3-15(25)13-18(20)24)14-19(17)26-23(27-22)32-16-4-5-16/h2-3,6,13,16H,1,4-5,7-12,14H2. The number of hydrogen-bond acceptors (Lipinski definition) is 6. The van der Waals surface area contributed by atoms with E-state index >= 15 is 0 Å². The van der Waals surface area contributed by atoms with Gasteiger partial charge in [0.2, 0.25) is 5.91 Å². The predicted octanol–water partition coefficient (Wildman–Crippen LogP) is 3.21. The minimum atomic E-state index is -0.352. The van der Waals surface area contributed by atoms with E-state index in [2.05, 4.69) is 16.4 Å². The van der Waals surface area contributed by atoms with Crippen molar-refractivity contribution >= 4 is 29.0 Å². The molecule has 3 heterocycles. The number of ether oxygens (including phenoxy) is 1. The SMILES string of the molecule is C=CC(=O)N1CCN(c2nc(OC3CC3)nc3c2CCN(c2ccc(F)cc2Cl)C3)CC1. The number of fused-ring (bicyclic) bond motifs is 1. The number of carbonyl (C=O) groups is 1. The van der Waals surface area contributed by atoms with Crippen molar-refractivity contribution < 1.29 is 13.9 Å². The monoisotopic (exact) mass is 457 g/mol. The van der Waals surface area contributed by atoms with Gasteiger partial charge in [-0.2, -0.15) is 9.97 Å². The largest absolute Gasteiger partial charge is 0.460 e. The maximum Gasteiger partial charge on any atom is 0.318 e. The van der Waals surface area contributed by atoms with Crippen molar-refractivity contribution in [3.05, 3.63) is 53.0 Å². The van der Waals surface area contributed by atoms with Gasteiger partial charge >= 0.3 is 6.01 Å². The van der Waals surface area contributed by atoms with E-state index < -0.39 is 0 Å². The Kier molecular flexibility index (Phi) is 5.63. The average Bonchev–Trinajstić information content (AvgIpc) is 3.62. The fourth-order valence-electron chi connectivity index (χ4n) is 4.25. The molecule has 2 aromatic rings. The molecule has 7 nitrogen and oxygen atoms in total. The van der Waals surface area contributed by atoms with Gasteiger partial charge < -0.3 is 19.4 Å². The summed E-state index contributed by atoms with van der Waals surface area (Å²) in [4.78, 5) is 27.6. The molecule has 9 heteroatoms. The Hall–Kier alpha value is -2.87. The summed E-state index contributed by atoms with van der Waals surface area (Å²) in [5, 5.41) is 0.389. The number of hydrogen-bond donors (Lipinski definition) is 0.